The molecular weight excluding hydrogens is 342 g/mol. The van der Waals surface area contributed by atoms with E-state index in [-0.39, 0.29) is 18.1 Å². The summed E-state index contributed by atoms with van der Waals surface area (Å²) in [5.41, 5.74) is 1.59. The van der Waals surface area contributed by atoms with Gasteiger partial charge in [-0.05, 0) is 49.6 Å². The molecule has 2 amide bonds. The second-order valence-corrected chi connectivity index (χ2v) is 6.55. The molecule has 0 spiro atoms. The Bertz CT molecular complexity index is 845. The van der Waals surface area contributed by atoms with Crippen molar-refractivity contribution in [3.05, 3.63) is 65.7 Å². The quantitative estimate of drug-likeness (QED) is 0.863. The summed E-state index contributed by atoms with van der Waals surface area (Å²) < 4.78 is 5.50. The minimum atomic E-state index is -0.486. The highest BCUT2D eigenvalue weighted by Crippen LogP contribution is 2.22. The van der Waals surface area contributed by atoms with E-state index in [2.05, 4.69) is 10.6 Å². The fourth-order valence-electron chi connectivity index (χ4n) is 3.20. The Balaban J connectivity index is 1.52. The van der Waals surface area contributed by atoms with Crippen LogP contribution >= 0.6 is 0 Å². The minimum absolute atomic E-state index is 0.0634. The second kappa shape index (κ2) is 8.86. The molecule has 2 atom stereocenters. The largest absolute Gasteiger partial charge is 0.446 e. The van der Waals surface area contributed by atoms with Crippen LogP contribution in [0.3, 0.4) is 0 Å². The highest BCUT2D eigenvalue weighted by atomic mass is 16.6. The first-order valence-electron chi connectivity index (χ1n) is 8.98. The minimum Gasteiger partial charge on any atom is -0.446 e. The zero-order valence-corrected chi connectivity index (χ0v) is 14.9. The maximum Gasteiger partial charge on any atom is 0.411 e. The summed E-state index contributed by atoms with van der Waals surface area (Å²) in [5, 5.41) is 14.6. The first-order valence-corrected chi connectivity index (χ1v) is 8.98. The van der Waals surface area contributed by atoms with Crippen molar-refractivity contribution in [1.29, 1.82) is 5.26 Å². The SMILES string of the molecule is N#Cc1cccc(C(=O)N[C@H]2CCC[C@@H](OC(=O)Nc3ccccc3)C2)c1. The van der Waals surface area contributed by atoms with Gasteiger partial charge in [0, 0.05) is 23.7 Å². The van der Waals surface area contributed by atoms with E-state index in [0.717, 1.165) is 19.3 Å². The van der Waals surface area contributed by atoms with Gasteiger partial charge in [0.1, 0.15) is 6.10 Å². The maximum atomic E-state index is 12.4. The zero-order valence-electron chi connectivity index (χ0n) is 14.9. The summed E-state index contributed by atoms with van der Waals surface area (Å²) in [5.74, 6) is -0.216. The van der Waals surface area contributed by atoms with Crippen molar-refractivity contribution < 1.29 is 14.3 Å². The monoisotopic (exact) mass is 363 g/mol. The van der Waals surface area contributed by atoms with Crippen LogP contribution in [0, 0.1) is 11.3 Å². The average molecular weight is 363 g/mol. The Morgan fingerprint density at radius 1 is 1.07 bits per heavy atom. The molecule has 1 aliphatic carbocycles. The van der Waals surface area contributed by atoms with Gasteiger partial charge in [-0.15, -0.1) is 0 Å². The Hall–Kier alpha value is -3.33. The number of nitrogens with one attached hydrogen (secondary N) is 2. The topological polar surface area (TPSA) is 91.2 Å². The molecule has 6 heteroatoms. The van der Waals surface area contributed by atoms with E-state index in [1.54, 1.807) is 36.4 Å². The molecule has 0 heterocycles. The van der Waals surface area contributed by atoms with Crippen molar-refractivity contribution in [3.63, 3.8) is 0 Å². The third-order valence-electron chi connectivity index (χ3n) is 4.51. The number of para-hydroxylation sites is 1. The number of nitrogens with zero attached hydrogens (tertiary/aromatic N) is 1. The molecule has 0 aliphatic heterocycles. The van der Waals surface area contributed by atoms with Gasteiger partial charge < -0.3 is 10.1 Å². The van der Waals surface area contributed by atoms with Crippen LogP contribution in [0.1, 0.15) is 41.6 Å². The fraction of sp³-hybridized carbons (Fsp3) is 0.286. The summed E-state index contributed by atoms with van der Waals surface area (Å²) in [6.07, 6.45) is 2.33. The highest BCUT2D eigenvalue weighted by molar-refractivity contribution is 5.94. The summed E-state index contributed by atoms with van der Waals surface area (Å²) in [6.45, 7) is 0. The van der Waals surface area contributed by atoms with Crippen LogP contribution in [0.15, 0.2) is 54.6 Å². The van der Waals surface area contributed by atoms with E-state index < -0.39 is 6.09 Å². The van der Waals surface area contributed by atoms with Gasteiger partial charge in [-0.2, -0.15) is 5.26 Å². The van der Waals surface area contributed by atoms with Gasteiger partial charge in [0.2, 0.25) is 0 Å². The number of benzene rings is 2. The van der Waals surface area contributed by atoms with Crippen LogP contribution < -0.4 is 10.6 Å². The molecule has 3 rings (SSSR count). The van der Waals surface area contributed by atoms with Crippen LogP contribution in [-0.4, -0.2) is 24.1 Å². The Morgan fingerprint density at radius 2 is 1.89 bits per heavy atom. The van der Waals surface area contributed by atoms with Crippen molar-refractivity contribution in [3.8, 4) is 6.07 Å². The van der Waals surface area contributed by atoms with Gasteiger partial charge in [-0.3, -0.25) is 10.1 Å². The van der Waals surface area contributed by atoms with Gasteiger partial charge in [-0.25, -0.2) is 4.79 Å². The first-order chi connectivity index (χ1) is 13.1. The smallest absolute Gasteiger partial charge is 0.411 e. The number of nitriles is 1. The van der Waals surface area contributed by atoms with Crippen molar-refractivity contribution in [1.82, 2.24) is 5.32 Å². The molecule has 0 bridgehead atoms. The van der Waals surface area contributed by atoms with E-state index in [1.165, 1.54) is 0 Å². The van der Waals surface area contributed by atoms with Crippen molar-refractivity contribution in [2.24, 2.45) is 0 Å². The average Bonchev–Trinajstić information content (AvgIpc) is 2.69. The molecule has 0 saturated heterocycles. The van der Waals surface area contributed by atoms with Crippen LogP contribution in [0.2, 0.25) is 0 Å². The normalized spacial score (nSPS) is 18.8. The van der Waals surface area contributed by atoms with Crippen LogP contribution in [0.4, 0.5) is 10.5 Å². The number of hydrogen-bond donors (Lipinski definition) is 2. The maximum absolute atomic E-state index is 12.4. The second-order valence-electron chi connectivity index (χ2n) is 6.55. The molecule has 6 nitrogen and oxygen atoms in total. The zero-order chi connectivity index (χ0) is 19.1. The molecule has 0 unspecified atom stereocenters. The summed E-state index contributed by atoms with van der Waals surface area (Å²) >= 11 is 0. The molecule has 2 aromatic carbocycles. The van der Waals surface area contributed by atoms with E-state index in [4.69, 9.17) is 10.00 Å². The Kier molecular flexibility index (Phi) is 6.06. The van der Waals surface area contributed by atoms with Gasteiger partial charge in [0.15, 0.2) is 0 Å². The Morgan fingerprint density at radius 3 is 2.67 bits per heavy atom. The summed E-state index contributed by atoms with van der Waals surface area (Å²) in [4.78, 5) is 24.5. The van der Waals surface area contributed by atoms with Gasteiger partial charge in [0.25, 0.3) is 5.91 Å². The lowest BCUT2D eigenvalue weighted by molar-refractivity contribution is 0.0712. The number of rotatable bonds is 4. The van der Waals surface area contributed by atoms with Crippen LogP contribution in [0.5, 0.6) is 0 Å². The number of amides is 2. The molecule has 27 heavy (non-hydrogen) atoms. The molecule has 1 fully saturated rings. The van der Waals surface area contributed by atoms with Gasteiger partial charge in [0.05, 0.1) is 11.6 Å². The molecule has 0 aromatic heterocycles. The van der Waals surface area contributed by atoms with Crippen LogP contribution in [-0.2, 0) is 4.74 Å². The van der Waals surface area contributed by atoms with E-state index in [0.29, 0.717) is 23.2 Å². The lowest BCUT2D eigenvalue weighted by Gasteiger charge is -2.29. The highest BCUT2D eigenvalue weighted by Gasteiger charge is 2.26. The van der Waals surface area contributed by atoms with Crippen molar-refractivity contribution in [2.45, 2.75) is 37.8 Å². The third kappa shape index (κ3) is 5.32. The predicted molar refractivity (Wildman–Crippen MR) is 101 cm³/mol. The van der Waals surface area contributed by atoms with E-state index in [1.807, 2.05) is 24.3 Å². The summed E-state index contributed by atoms with van der Waals surface area (Å²) in [6, 6.07) is 17.7. The first kappa shape index (κ1) is 18.5. The van der Waals surface area contributed by atoms with E-state index >= 15 is 0 Å². The van der Waals surface area contributed by atoms with E-state index in [9.17, 15) is 9.59 Å². The van der Waals surface area contributed by atoms with Gasteiger partial charge >= 0.3 is 6.09 Å². The van der Waals surface area contributed by atoms with Gasteiger partial charge in [-0.1, -0.05) is 24.3 Å². The lowest BCUT2D eigenvalue weighted by Crippen LogP contribution is -2.41. The number of carbonyl (C=O) groups excluding carboxylic acids is 2. The molecule has 0 radical (unpaired) electrons. The summed E-state index contributed by atoms with van der Waals surface area (Å²) in [7, 11) is 0. The predicted octanol–water partition coefficient (Wildman–Crippen LogP) is 3.85. The number of hydrogen-bond acceptors (Lipinski definition) is 4. The molecule has 2 N–H and O–H groups in total. The number of ether oxygens (including phenoxy) is 1. The molecule has 138 valence electrons. The lowest BCUT2D eigenvalue weighted by atomic mass is 9.92. The fourth-order valence-corrected chi connectivity index (χ4v) is 3.20. The molecule has 2 aromatic rings. The van der Waals surface area contributed by atoms with Crippen LogP contribution in [0.25, 0.3) is 0 Å². The van der Waals surface area contributed by atoms with Crippen molar-refractivity contribution >= 4 is 17.7 Å². The standard InChI is InChI=1S/C21H21N3O3/c22-14-15-6-4-7-16(12-15)20(25)23-18-10-5-11-19(13-18)27-21(26)24-17-8-2-1-3-9-17/h1-4,6-9,12,18-19H,5,10-11,13H2,(H,23,25)(H,24,26)/t18-,19+/m0/s1. The molecule has 1 saturated carbocycles. The molecular formula is C21H21N3O3. The Labute approximate surface area is 158 Å². The van der Waals surface area contributed by atoms with Crippen molar-refractivity contribution in [2.75, 3.05) is 5.32 Å². The number of anilines is 1. The third-order valence-corrected chi connectivity index (χ3v) is 4.51. The number of carbonyl (C=O) groups is 2. The molecule has 1 aliphatic rings.